The van der Waals surface area contributed by atoms with Crippen molar-refractivity contribution in [3.8, 4) is 0 Å². The van der Waals surface area contributed by atoms with E-state index in [9.17, 15) is 8.42 Å². The molecule has 0 rings (SSSR count). The molecule has 0 aliphatic rings. The molecule has 0 spiro atoms. The molecule has 0 aliphatic carbocycles. The highest BCUT2D eigenvalue weighted by atomic mass is 32.2. The van der Waals surface area contributed by atoms with Crippen LogP contribution in [0.1, 0.15) is 53.9 Å². The van der Waals surface area contributed by atoms with Gasteiger partial charge in [-0.25, -0.2) is 0 Å². The fraction of sp³-hybridized carbons (Fsp3) is 1.00. The van der Waals surface area contributed by atoms with Gasteiger partial charge in [0.05, 0.1) is 5.75 Å². The number of hydrogen-bond donors (Lipinski definition) is 1. The molecule has 1 N–H and O–H groups in total. The van der Waals surface area contributed by atoms with E-state index >= 15 is 0 Å². The third kappa shape index (κ3) is 7.79. The molecule has 0 atom stereocenters. The van der Waals surface area contributed by atoms with Crippen molar-refractivity contribution < 1.29 is 13.0 Å². The predicted molar refractivity (Wildman–Crippen MR) is 63.5 cm³/mol. The Kier molecular flexibility index (Phi) is 4.80. The van der Waals surface area contributed by atoms with E-state index < -0.39 is 10.1 Å². The average Bonchev–Trinajstić information content (AvgIpc) is 1.74. The Hall–Kier alpha value is -0.0900. The predicted octanol–water partition coefficient (Wildman–Crippen LogP) is 3.12. The maximum atomic E-state index is 10.8. The van der Waals surface area contributed by atoms with Gasteiger partial charge in [-0.05, 0) is 23.7 Å². The van der Waals surface area contributed by atoms with Crippen LogP contribution in [0.5, 0.6) is 0 Å². The van der Waals surface area contributed by atoms with Crippen LogP contribution in [0.15, 0.2) is 0 Å². The first kappa shape index (κ1) is 14.9. The Morgan fingerprint density at radius 2 is 1.53 bits per heavy atom. The molecular formula is C11H24O3S. The second-order valence-electron chi connectivity index (χ2n) is 5.98. The van der Waals surface area contributed by atoms with Crippen LogP contribution in [0.2, 0.25) is 0 Å². The molecule has 0 aliphatic heterocycles. The van der Waals surface area contributed by atoms with Gasteiger partial charge < -0.3 is 0 Å². The molecule has 0 unspecified atom stereocenters. The van der Waals surface area contributed by atoms with Gasteiger partial charge >= 0.3 is 0 Å². The maximum absolute atomic E-state index is 10.8. The summed E-state index contributed by atoms with van der Waals surface area (Å²) < 4.78 is 30.5. The van der Waals surface area contributed by atoms with Crippen molar-refractivity contribution in [3.63, 3.8) is 0 Å². The molecule has 0 bridgehead atoms. The summed E-state index contributed by atoms with van der Waals surface area (Å²) in [5.41, 5.74) is -0.241. The summed E-state index contributed by atoms with van der Waals surface area (Å²) in [6.07, 6.45) is 2.96. The van der Waals surface area contributed by atoms with E-state index in [1.807, 2.05) is 13.8 Å². The Morgan fingerprint density at radius 3 is 1.87 bits per heavy atom. The number of rotatable bonds is 6. The normalized spacial score (nSPS) is 14.3. The van der Waals surface area contributed by atoms with Crippen molar-refractivity contribution in [3.05, 3.63) is 0 Å². The lowest BCUT2D eigenvalue weighted by molar-refractivity contribution is 0.197. The van der Waals surface area contributed by atoms with Crippen LogP contribution in [0.25, 0.3) is 0 Å². The zero-order chi connectivity index (χ0) is 12.3. The van der Waals surface area contributed by atoms with Crippen molar-refractivity contribution in [2.24, 2.45) is 10.8 Å². The molecule has 0 saturated heterocycles. The summed E-state index contributed by atoms with van der Waals surface area (Å²) in [6.45, 7) is 10.2. The van der Waals surface area contributed by atoms with E-state index in [-0.39, 0.29) is 16.6 Å². The zero-order valence-corrected chi connectivity index (χ0v) is 11.3. The molecule has 0 fully saturated rings. The van der Waals surface area contributed by atoms with Crippen molar-refractivity contribution in [1.82, 2.24) is 0 Å². The van der Waals surface area contributed by atoms with E-state index in [1.54, 1.807) is 0 Å². The van der Waals surface area contributed by atoms with Gasteiger partial charge in [0.2, 0.25) is 0 Å². The smallest absolute Gasteiger partial charge is 0.265 e. The molecule has 0 amide bonds. The van der Waals surface area contributed by atoms with Gasteiger partial charge in [0, 0.05) is 0 Å². The minimum absolute atomic E-state index is 0.128. The second-order valence-corrected chi connectivity index (χ2v) is 7.43. The lowest BCUT2D eigenvalue weighted by atomic mass is 9.74. The van der Waals surface area contributed by atoms with Crippen LogP contribution in [-0.2, 0) is 10.1 Å². The van der Waals surface area contributed by atoms with Crippen LogP contribution in [-0.4, -0.2) is 18.7 Å². The quantitative estimate of drug-likeness (QED) is 0.721. The molecule has 0 heterocycles. The van der Waals surface area contributed by atoms with Crippen molar-refractivity contribution >= 4 is 10.1 Å². The van der Waals surface area contributed by atoms with E-state index in [0.29, 0.717) is 0 Å². The molecule has 0 saturated carbocycles. The highest BCUT2D eigenvalue weighted by molar-refractivity contribution is 7.85. The molecule has 3 nitrogen and oxygen atoms in total. The molecule has 0 radical (unpaired) electrons. The molecular weight excluding hydrogens is 212 g/mol. The Morgan fingerprint density at radius 1 is 1.07 bits per heavy atom. The first-order chi connectivity index (χ1) is 6.47. The van der Waals surface area contributed by atoms with Crippen LogP contribution >= 0.6 is 0 Å². The SMILES string of the molecule is CCCC(C)(C)CC(C)(C)CS(=O)(=O)O. The molecule has 4 heteroatoms. The van der Waals surface area contributed by atoms with Crippen LogP contribution in [0.3, 0.4) is 0 Å². The molecule has 15 heavy (non-hydrogen) atoms. The summed E-state index contributed by atoms with van der Waals surface area (Å²) in [4.78, 5) is 0. The average molecular weight is 236 g/mol. The lowest BCUT2D eigenvalue weighted by Crippen LogP contribution is -2.29. The zero-order valence-electron chi connectivity index (χ0n) is 10.5. The molecule has 92 valence electrons. The monoisotopic (exact) mass is 236 g/mol. The molecule has 0 aromatic heterocycles. The lowest BCUT2D eigenvalue weighted by Gasteiger charge is -2.34. The van der Waals surface area contributed by atoms with Crippen LogP contribution in [0.4, 0.5) is 0 Å². The van der Waals surface area contributed by atoms with Gasteiger partial charge in [0.1, 0.15) is 0 Å². The van der Waals surface area contributed by atoms with E-state index in [1.165, 1.54) is 0 Å². The van der Waals surface area contributed by atoms with Gasteiger partial charge in [-0.3, -0.25) is 4.55 Å². The van der Waals surface area contributed by atoms with Gasteiger partial charge in [-0.2, -0.15) is 8.42 Å². The largest absolute Gasteiger partial charge is 0.286 e. The Labute approximate surface area is 94.0 Å². The van der Waals surface area contributed by atoms with Crippen LogP contribution < -0.4 is 0 Å². The van der Waals surface area contributed by atoms with E-state index in [2.05, 4.69) is 20.8 Å². The van der Waals surface area contributed by atoms with E-state index in [4.69, 9.17) is 4.55 Å². The van der Waals surface area contributed by atoms with Gasteiger partial charge in [-0.15, -0.1) is 0 Å². The van der Waals surface area contributed by atoms with Crippen LogP contribution in [0, 0.1) is 10.8 Å². The fourth-order valence-corrected chi connectivity index (χ4v) is 3.70. The van der Waals surface area contributed by atoms with Crippen molar-refractivity contribution in [2.75, 3.05) is 5.75 Å². The van der Waals surface area contributed by atoms with E-state index in [0.717, 1.165) is 19.3 Å². The molecule has 0 aromatic rings. The van der Waals surface area contributed by atoms with Crippen molar-refractivity contribution in [2.45, 2.75) is 53.9 Å². The third-order valence-corrected chi connectivity index (χ3v) is 3.60. The third-order valence-electron chi connectivity index (χ3n) is 2.46. The van der Waals surface area contributed by atoms with Gasteiger partial charge in [0.15, 0.2) is 0 Å². The van der Waals surface area contributed by atoms with Gasteiger partial charge in [-0.1, -0.05) is 41.0 Å². The Bertz CT molecular complexity index is 289. The summed E-state index contributed by atoms with van der Waals surface area (Å²) in [6, 6.07) is 0. The summed E-state index contributed by atoms with van der Waals surface area (Å²) >= 11 is 0. The van der Waals surface area contributed by atoms with Gasteiger partial charge in [0.25, 0.3) is 10.1 Å². The highest BCUT2D eigenvalue weighted by Gasteiger charge is 2.31. The first-order valence-electron chi connectivity index (χ1n) is 5.43. The minimum Gasteiger partial charge on any atom is -0.286 e. The summed E-state index contributed by atoms with van der Waals surface area (Å²) in [7, 11) is -3.87. The summed E-state index contributed by atoms with van der Waals surface area (Å²) in [5, 5.41) is 0. The first-order valence-corrected chi connectivity index (χ1v) is 7.04. The fourth-order valence-electron chi connectivity index (χ4n) is 2.61. The Balaban J connectivity index is 4.50. The molecule has 0 aromatic carbocycles. The topological polar surface area (TPSA) is 54.4 Å². The second kappa shape index (κ2) is 4.83. The number of hydrogen-bond acceptors (Lipinski definition) is 2. The highest BCUT2D eigenvalue weighted by Crippen LogP contribution is 2.37. The maximum Gasteiger partial charge on any atom is 0.265 e. The van der Waals surface area contributed by atoms with Crippen molar-refractivity contribution in [1.29, 1.82) is 0 Å². The standard InChI is InChI=1S/C11H24O3S/c1-6-7-10(2,3)8-11(4,5)9-15(12,13)14/h6-9H2,1-5H3,(H,12,13,14). The summed E-state index contributed by atoms with van der Waals surface area (Å²) in [5.74, 6) is -0.160. The minimum atomic E-state index is -3.87.